The van der Waals surface area contributed by atoms with Crippen LogP contribution < -0.4 is 45.1 Å². The van der Waals surface area contributed by atoms with Crippen LogP contribution in [0.2, 0.25) is 0 Å². The van der Waals surface area contributed by atoms with Crippen LogP contribution in [0.3, 0.4) is 0 Å². The van der Waals surface area contributed by atoms with Crippen LogP contribution >= 0.6 is 0 Å². The summed E-state index contributed by atoms with van der Waals surface area (Å²) in [7, 11) is 7.09. The van der Waals surface area contributed by atoms with Crippen LogP contribution in [0.4, 0.5) is 32.1 Å². The van der Waals surface area contributed by atoms with Crippen molar-refractivity contribution in [3.63, 3.8) is 0 Å². The summed E-state index contributed by atoms with van der Waals surface area (Å²) in [6.07, 6.45) is 5.25. The van der Waals surface area contributed by atoms with Crippen LogP contribution in [-0.4, -0.2) is 117 Å². The first-order chi connectivity index (χ1) is 52.4. The molecule has 5 fully saturated rings. The van der Waals surface area contributed by atoms with Crippen LogP contribution in [0.15, 0.2) is 212 Å². The number of hydrogen-bond donors (Lipinski definition) is 4. The second-order valence-corrected chi connectivity index (χ2v) is 28.9. The molecule has 11 aromatic rings. The molecule has 8 aromatic carbocycles. The molecular formula is C87H89F2N9O10. The summed E-state index contributed by atoms with van der Waals surface area (Å²) in [6, 6.07) is 67.6. The molecule has 0 radical (unpaired) electrons. The molecule has 5 heterocycles. The van der Waals surface area contributed by atoms with Gasteiger partial charge in [0.15, 0.2) is 11.5 Å². The zero-order valence-corrected chi connectivity index (χ0v) is 60.5. The lowest BCUT2D eigenvalue weighted by Crippen LogP contribution is -2.48. The van der Waals surface area contributed by atoms with Gasteiger partial charge in [0.1, 0.15) is 41.4 Å². The van der Waals surface area contributed by atoms with Crippen LogP contribution in [0.1, 0.15) is 119 Å². The molecule has 4 aliphatic carbocycles. The summed E-state index contributed by atoms with van der Waals surface area (Å²) >= 11 is 0. The summed E-state index contributed by atoms with van der Waals surface area (Å²) < 4.78 is 52.1. The highest BCUT2D eigenvalue weighted by Gasteiger charge is 2.54. The van der Waals surface area contributed by atoms with Gasteiger partial charge in [0, 0.05) is 51.6 Å². The number of pyridine rings is 3. The summed E-state index contributed by atoms with van der Waals surface area (Å²) in [5.74, 6) is 3.89. The minimum absolute atomic E-state index is 0. The van der Waals surface area contributed by atoms with Crippen LogP contribution in [0, 0.1) is 0 Å². The van der Waals surface area contributed by atoms with Crippen molar-refractivity contribution >= 4 is 85.2 Å². The van der Waals surface area contributed by atoms with Gasteiger partial charge in [-0.05, 0) is 189 Å². The van der Waals surface area contributed by atoms with Crippen molar-refractivity contribution in [3.8, 4) is 34.3 Å². The number of carbonyl (C=O) groups excluding carboxylic acids is 5. The van der Waals surface area contributed by atoms with Gasteiger partial charge in [-0.3, -0.25) is 19.2 Å². The Morgan fingerprint density at radius 3 is 1.62 bits per heavy atom. The van der Waals surface area contributed by atoms with E-state index in [0.29, 0.717) is 84.1 Å². The number of ether oxygens (including phenoxy) is 5. The van der Waals surface area contributed by atoms with Gasteiger partial charge < -0.3 is 54.8 Å². The highest BCUT2D eigenvalue weighted by molar-refractivity contribution is 6.06. The maximum Gasteiger partial charge on any atom is 0.586 e. The number of rotatable bonds is 19. The molecule has 19 nitrogen and oxygen atoms in total. The van der Waals surface area contributed by atoms with Gasteiger partial charge in [0.2, 0.25) is 23.6 Å². The lowest BCUT2D eigenvalue weighted by Gasteiger charge is -2.29. The number of fused-ring (bicyclic) bond motifs is 4. The van der Waals surface area contributed by atoms with Crippen LogP contribution in [-0.2, 0) is 40.2 Å². The Morgan fingerprint density at radius 2 is 1.05 bits per heavy atom. The minimum Gasteiger partial charge on any atom is -0.497 e. The third-order valence-corrected chi connectivity index (χ3v) is 21.6. The third-order valence-electron chi connectivity index (χ3n) is 21.6. The number of amides is 4. The molecule has 108 heavy (non-hydrogen) atoms. The molecule has 0 bridgehead atoms. The lowest BCUT2D eigenvalue weighted by molar-refractivity contribution is -0.286. The number of alkyl halides is 2. The maximum absolute atomic E-state index is 13.6. The standard InChI is InChI=1S/C32H32N2O2.C31H27F2N3O5.C24H24N4O3.3H2/c1-36-27-17-15-26(16-18-27)32(19-20-32)31(35)34-29-21-25-9-5-6-10-28(25)30(33-29)24-13-11-23(12-14-24)22-7-3-2-4-8-22;1-36(2)14-15-39-28(37)21-8-5-7-20(16-21)27-23-9-4-3-6-19(23)17-26(34-27)35-29(38)30(12-13-30)22-10-11-24-25(18-22)41-31(32,33)40-24;1-31-18-8-6-17(7-9-18)24(10-11-24)23(30)27-20-14-16-4-2-3-5-19(16)22(26-20)28-13-12-25-21(29)15-28;;;/h2-10,15-18,21,23-24H,11-14,19-20H2,1H3,(H,33,34,35);3-11,16-18H,12-15H2,1-2H3,(H,34,35,38);2-9,14H,10-13,15H2,1H3,(H,25,29)(H,26,27,30);3*1H. The van der Waals surface area contributed by atoms with Crippen molar-refractivity contribution in [1.29, 1.82) is 0 Å². The lowest BCUT2D eigenvalue weighted by atomic mass is 9.77. The number of hydrogen-bond acceptors (Lipinski definition) is 15. The molecule has 4 saturated carbocycles. The Bertz CT molecular complexity index is 5240. The summed E-state index contributed by atoms with van der Waals surface area (Å²) in [5, 5.41) is 18.0. The van der Waals surface area contributed by atoms with Crippen molar-refractivity contribution in [2.45, 2.75) is 98.6 Å². The quantitative estimate of drug-likeness (QED) is 0.0553. The Balaban J connectivity index is 0.000000154. The molecule has 2 aliphatic heterocycles. The molecule has 3 aromatic heterocycles. The number of nitrogens with one attached hydrogen (secondary N) is 4. The monoisotopic (exact) mass is 1460 g/mol. The van der Waals surface area contributed by atoms with E-state index in [9.17, 15) is 32.8 Å². The molecule has 4 N–H and O–H groups in total. The fourth-order valence-corrected chi connectivity index (χ4v) is 15.1. The number of benzene rings is 8. The zero-order valence-electron chi connectivity index (χ0n) is 60.5. The van der Waals surface area contributed by atoms with Crippen molar-refractivity contribution in [1.82, 2.24) is 25.2 Å². The van der Waals surface area contributed by atoms with Crippen molar-refractivity contribution < 1.29 is 60.7 Å². The largest absolute Gasteiger partial charge is 0.586 e. The average molecular weight is 1460 g/mol. The average Bonchev–Trinajstić information content (AvgIpc) is 1.61. The van der Waals surface area contributed by atoms with E-state index in [4.69, 9.17) is 29.2 Å². The number of carbonyl (C=O) groups is 5. The van der Waals surface area contributed by atoms with E-state index in [1.54, 1.807) is 44.6 Å². The highest BCUT2D eigenvalue weighted by Crippen LogP contribution is 2.54. The molecule has 0 spiro atoms. The molecule has 1 saturated heterocycles. The summed E-state index contributed by atoms with van der Waals surface area (Å²) in [4.78, 5) is 83.4. The Hall–Kier alpha value is -11.8. The van der Waals surface area contributed by atoms with Crippen LogP contribution in [0.25, 0.3) is 43.6 Å². The molecule has 0 atom stereocenters. The van der Waals surface area contributed by atoms with Gasteiger partial charge >= 0.3 is 12.3 Å². The molecule has 556 valence electrons. The van der Waals surface area contributed by atoms with E-state index in [-0.39, 0.29) is 52.6 Å². The fraction of sp³-hybridized carbons (Fsp3) is 0.287. The number of methoxy groups -OCH3 is 2. The number of esters is 1. The Morgan fingerprint density at radius 1 is 0.546 bits per heavy atom. The molecule has 6 aliphatic rings. The maximum atomic E-state index is 13.6. The number of likely N-dealkylation sites (N-methyl/N-ethyl adjacent to an activating group) is 1. The van der Waals surface area contributed by atoms with E-state index < -0.39 is 28.5 Å². The Kier molecular flexibility index (Phi) is 20.1. The van der Waals surface area contributed by atoms with Gasteiger partial charge in [0.25, 0.3) is 0 Å². The normalized spacial score (nSPS) is 17.9. The van der Waals surface area contributed by atoms with Crippen LogP contribution in [0.5, 0.6) is 23.0 Å². The smallest absolute Gasteiger partial charge is 0.497 e. The van der Waals surface area contributed by atoms with Gasteiger partial charge in [-0.2, -0.15) is 0 Å². The van der Waals surface area contributed by atoms with E-state index in [1.807, 2.05) is 139 Å². The first kappa shape index (κ1) is 71.8. The van der Waals surface area contributed by atoms with Crippen molar-refractivity contribution in [3.05, 3.63) is 246 Å². The molecular weight excluding hydrogens is 1370 g/mol. The number of halogens is 2. The van der Waals surface area contributed by atoms with Gasteiger partial charge in [0.05, 0.1) is 54.0 Å². The van der Waals surface area contributed by atoms with Gasteiger partial charge in [-0.15, -0.1) is 8.78 Å². The first-order valence-electron chi connectivity index (χ1n) is 36.7. The van der Waals surface area contributed by atoms with E-state index in [1.165, 1.54) is 35.9 Å². The molecule has 21 heteroatoms. The SMILES string of the molecule is CN(C)CCOC(=O)c1cccc(-c2nc(NC(=O)C3(c4ccc5c(c4)OC(F)(F)O5)CC3)cc3ccccc23)c1.COc1ccc(C2(C(=O)Nc3cc4ccccc4c(C4CCC(c5ccccc5)CC4)n3)CC2)cc1.COc1ccc(C2(C(=O)Nc3cc4ccccc4c(N4CCNC(=O)C4)n3)CC2)cc1.[HH].[HH].[HH]. The number of nitrogens with zero attached hydrogens (tertiary/aromatic N) is 5. The number of piperazine rings is 1. The van der Waals surface area contributed by atoms with E-state index in [2.05, 4.69) is 85.3 Å². The van der Waals surface area contributed by atoms with Gasteiger partial charge in [-0.1, -0.05) is 146 Å². The second-order valence-electron chi connectivity index (χ2n) is 28.9. The van der Waals surface area contributed by atoms with E-state index >= 15 is 0 Å². The predicted molar refractivity (Wildman–Crippen MR) is 419 cm³/mol. The fourth-order valence-electron chi connectivity index (χ4n) is 15.1. The van der Waals surface area contributed by atoms with E-state index in [0.717, 1.165) is 99.6 Å². The summed E-state index contributed by atoms with van der Waals surface area (Å²) in [5.41, 5.74) is 4.98. The number of aromatic nitrogens is 3. The van der Waals surface area contributed by atoms with Gasteiger partial charge in [-0.25, -0.2) is 19.7 Å². The topological polar surface area (TPSA) is 225 Å². The first-order valence-corrected chi connectivity index (χ1v) is 36.7. The molecule has 4 amide bonds. The predicted octanol–water partition coefficient (Wildman–Crippen LogP) is 16.6. The Labute approximate surface area is 628 Å². The van der Waals surface area contributed by atoms with Crippen molar-refractivity contribution in [2.24, 2.45) is 0 Å². The van der Waals surface area contributed by atoms with Crippen molar-refractivity contribution in [2.75, 3.05) is 82.0 Å². The number of anilines is 4. The summed E-state index contributed by atoms with van der Waals surface area (Å²) in [6.45, 7) is 2.39. The molecule has 17 rings (SSSR count). The third kappa shape index (κ3) is 15.3. The second kappa shape index (κ2) is 30.2. The minimum atomic E-state index is -3.73. The zero-order chi connectivity index (χ0) is 74.7. The highest BCUT2D eigenvalue weighted by atomic mass is 19.3. The molecule has 0 unspecified atom stereocenters.